The number of hydrogen-bond acceptors (Lipinski definition) is 5. The molecule has 1 aromatic heterocycles. The van der Waals surface area contributed by atoms with Gasteiger partial charge in [-0.2, -0.15) is 18.3 Å². The maximum Gasteiger partial charge on any atom is 0.435 e. The monoisotopic (exact) mass is 447 g/mol. The van der Waals surface area contributed by atoms with Gasteiger partial charge in [-0.3, -0.25) is 9.59 Å². The van der Waals surface area contributed by atoms with Crippen molar-refractivity contribution in [2.75, 3.05) is 0 Å². The first-order valence-electron chi connectivity index (χ1n) is 8.98. The summed E-state index contributed by atoms with van der Waals surface area (Å²) in [6.07, 6.45) is -3.87. The normalized spacial score (nSPS) is 12.0. The van der Waals surface area contributed by atoms with Crippen molar-refractivity contribution in [3.05, 3.63) is 41.7 Å². The highest BCUT2D eigenvalue weighted by atomic mass is 32.2. The molecule has 2 N–H and O–H groups in total. The first-order chi connectivity index (χ1) is 13.9. The van der Waals surface area contributed by atoms with Gasteiger partial charge >= 0.3 is 12.1 Å². The number of carbonyl (C=O) groups is 2. The van der Waals surface area contributed by atoms with Crippen LogP contribution < -0.4 is 4.72 Å². The SMILES string of the molecule is CCCCc1cc(C(F)(F)F)nn1-c1ccc(S(=O)(=O)NC(=O)CCC(=O)O)cc1. The summed E-state index contributed by atoms with van der Waals surface area (Å²) in [5, 5.41) is 12.1. The number of carboxylic acid groups (broad SMARTS) is 1. The Kier molecular flexibility index (Phi) is 7.24. The molecule has 1 amide bonds. The number of nitrogens with zero attached hydrogens (tertiary/aromatic N) is 2. The number of benzene rings is 1. The molecule has 2 rings (SSSR count). The first-order valence-corrected chi connectivity index (χ1v) is 10.5. The fourth-order valence-electron chi connectivity index (χ4n) is 2.56. The number of aliphatic carboxylic acids is 1. The van der Waals surface area contributed by atoms with Gasteiger partial charge in [0.1, 0.15) is 0 Å². The predicted molar refractivity (Wildman–Crippen MR) is 99.4 cm³/mol. The summed E-state index contributed by atoms with van der Waals surface area (Å²) >= 11 is 0. The number of carbonyl (C=O) groups excluding carboxylic acids is 1. The lowest BCUT2D eigenvalue weighted by atomic mass is 10.2. The molecule has 0 saturated carbocycles. The molecule has 0 unspecified atom stereocenters. The molecule has 0 aliphatic heterocycles. The molecule has 0 fully saturated rings. The van der Waals surface area contributed by atoms with E-state index in [2.05, 4.69) is 5.10 Å². The molecular formula is C18H20F3N3O5S. The second-order valence-electron chi connectivity index (χ2n) is 6.45. The average Bonchev–Trinajstić information content (AvgIpc) is 3.09. The second-order valence-corrected chi connectivity index (χ2v) is 8.13. The molecule has 12 heteroatoms. The zero-order valence-electron chi connectivity index (χ0n) is 15.9. The van der Waals surface area contributed by atoms with Crippen LogP contribution in [0.3, 0.4) is 0 Å². The third kappa shape index (κ3) is 6.05. The van der Waals surface area contributed by atoms with E-state index in [0.29, 0.717) is 18.5 Å². The molecule has 0 bridgehead atoms. The van der Waals surface area contributed by atoms with Crippen molar-refractivity contribution in [2.45, 2.75) is 50.1 Å². The highest BCUT2D eigenvalue weighted by Crippen LogP contribution is 2.30. The molecule has 1 heterocycles. The number of hydrogen-bond donors (Lipinski definition) is 2. The van der Waals surface area contributed by atoms with Crippen LogP contribution in [0, 0.1) is 0 Å². The van der Waals surface area contributed by atoms with Crippen molar-refractivity contribution < 1.29 is 36.3 Å². The lowest BCUT2D eigenvalue weighted by Gasteiger charge is -2.10. The molecule has 0 saturated heterocycles. The summed E-state index contributed by atoms with van der Waals surface area (Å²) in [6, 6.07) is 5.77. The molecule has 1 aromatic carbocycles. The summed E-state index contributed by atoms with van der Waals surface area (Å²) in [6.45, 7) is 1.90. The van der Waals surface area contributed by atoms with Gasteiger partial charge in [0.2, 0.25) is 5.91 Å². The zero-order valence-corrected chi connectivity index (χ0v) is 16.8. The Hall–Kier alpha value is -2.89. The highest BCUT2D eigenvalue weighted by Gasteiger charge is 2.35. The van der Waals surface area contributed by atoms with Crippen LogP contribution in [0.1, 0.15) is 44.0 Å². The second kappa shape index (κ2) is 9.28. The van der Waals surface area contributed by atoms with Gasteiger partial charge in [-0.15, -0.1) is 0 Å². The van der Waals surface area contributed by atoms with Crippen molar-refractivity contribution in [3.8, 4) is 5.69 Å². The summed E-state index contributed by atoms with van der Waals surface area (Å²) in [4.78, 5) is 21.8. The number of rotatable bonds is 9. The average molecular weight is 447 g/mol. The number of aromatic nitrogens is 2. The number of aryl methyl sites for hydroxylation is 1. The van der Waals surface area contributed by atoms with E-state index in [1.54, 1.807) is 4.72 Å². The summed E-state index contributed by atoms with van der Waals surface area (Å²) < 4.78 is 66.4. The van der Waals surface area contributed by atoms with Crippen LogP contribution >= 0.6 is 0 Å². The molecule has 0 atom stereocenters. The van der Waals surface area contributed by atoms with E-state index in [9.17, 15) is 31.2 Å². The van der Waals surface area contributed by atoms with E-state index in [1.807, 2.05) is 6.92 Å². The number of unbranched alkanes of at least 4 members (excludes halogenated alkanes) is 1. The van der Waals surface area contributed by atoms with Gasteiger partial charge in [0.25, 0.3) is 10.0 Å². The van der Waals surface area contributed by atoms with Crippen LogP contribution in [0.2, 0.25) is 0 Å². The smallest absolute Gasteiger partial charge is 0.435 e. The van der Waals surface area contributed by atoms with Crippen LogP contribution in [0.5, 0.6) is 0 Å². The molecule has 0 aliphatic carbocycles. The van der Waals surface area contributed by atoms with Crippen LogP contribution in [0.15, 0.2) is 35.2 Å². The van der Waals surface area contributed by atoms with Gasteiger partial charge in [0.05, 0.1) is 17.0 Å². The van der Waals surface area contributed by atoms with Crippen LogP contribution in [0.4, 0.5) is 13.2 Å². The van der Waals surface area contributed by atoms with Gasteiger partial charge in [-0.25, -0.2) is 17.8 Å². The minimum Gasteiger partial charge on any atom is -0.481 e. The molecule has 0 aliphatic rings. The lowest BCUT2D eigenvalue weighted by molar-refractivity contribution is -0.141. The number of nitrogens with one attached hydrogen (secondary N) is 1. The number of amides is 1. The lowest BCUT2D eigenvalue weighted by Crippen LogP contribution is -2.30. The van der Waals surface area contributed by atoms with Gasteiger partial charge in [-0.05, 0) is 43.2 Å². The number of alkyl halides is 3. The fraction of sp³-hybridized carbons (Fsp3) is 0.389. The minimum absolute atomic E-state index is 0.229. The van der Waals surface area contributed by atoms with Gasteiger partial charge in [0, 0.05) is 12.1 Å². The van der Waals surface area contributed by atoms with Crippen molar-refractivity contribution >= 4 is 21.9 Å². The zero-order chi connectivity index (χ0) is 22.5. The van der Waals surface area contributed by atoms with Crippen molar-refractivity contribution in [1.82, 2.24) is 14.5 Å². The Morgan fingerprint density at radius 3 is 2.33 bits per heavy atom. The Labute approximate surface area is 170 Å². The quantitative estimate of drug-likeness (QED) is 0.610. The van der Waals surface area contributed by atoms with Crippen LogP contribution in [-0.2, 0) is 32.2 Å². The fourth-order valence-corrected chi connectivity index (χ4v) is 3.58. The molecule has 164 valence electrons. The highest BCUT2D eigenvalue weighted by molar-refractivity contribution is 7.90. The number of halogens is 3. The Balaban J connectivity index is 2.27. The molecule has 0 radical (unpaired) electrons. The van der Waals surface area contributed by atoms with Gasteiger partial charge in [-0.1, -0.05) is 13.3 Å². The maximum absolute atomic E-state index is 13.0. The maximum atomic E-state index is 13.0. The standard InChI is InChI=1S/C18H20F3N3O5S/c1-2-3-4-13-11-15(18(19,20)21)22-24(13)12-5-7-14(8-6-12)30(28,29)23-16(25)9-10-17(26)27/h5-8,11H,2-4,9-10H2,1H3,(H,23,25)(H,26,27). The van der Waals surface area contributed by atoms with Gasteiger partial charge in [0.15, 0.2) is 5.69 Å². The van der Waals surface area contributed by atoms with Crippen molar-refractivity contribution in [3.63, 3.8) is 0 Å². The third-order valence-electron chi connectivity index (χ3n) is 4.07. The molecule has 2 aromatic rings. The molecule has 8 nitrogen and oxygen atoms in total. The number of carboxylic acids is 1. The summed E-state index contributed by atoms with van der Waals surface area (Å²) in [5.74, 6) is -2.23. The van der Waals surface area contributed by atoms with Crippen molar-refractivity contribution in [1.29, 1.82) is 0 Å². The van der Waals surface area contributed by atoms with Crippen molar-refractivity contribution in [2.24, 2.45) is 0 Å². The van der Waals surface area contributed by atoms with Crippen LogP contribution in [-0.4, -0.2) is 35.2 Å². The Bertz CT molecular complexity index is 1010. The molecule has 0 spiro atoms. The van der Waals surface area contributed by atoms with E-state index in [0.717, 1.165) is 29.3 Å². The third-order valence-corrected chi connectivity index (χ3v) is 5.45. The van der Waals surface area contributed by atoms with E-state index in [-0.39, 0.29) is 10.6 Å². The van der Waals surface area contributed by atoms with E-state index in [1.165, 1.54) is 12.1 Å². The van der Waals surface area contributed by atoms with Gasteiger partial charge < -0.3 is 5.11 Å². The first kappa shape index (κ1) is 23.4. The summed E-state index contributed by atoms with van der Waals surface area (Å²) in [5.41, 5.74) is -0.481. The van der Waals surface area contributed by atoms with Crippen LogP contribution in [0.25, 0.3) is 5.69 Å². The van der Waals surface area contributed by atoms with E-state index in [4.69, 9.17) is 5.11 Å². The van der Waals surface area contributed by atoms with E-state index < -0.39 is 46.6 Å². The predicted octanol–water partition coefficient (Wildman–Crippen LogP) is 2.90. The Morgan fingerprint density at radius 2 is 1.80 bits per heavy atom. The topological polar surface area (TPSA) is 118 Å². The molecule has 30 heavy (non-hydrogen) atoms. The molecular weight excluding hydrogens is 427 g/mol. The Morgan fingerprint density at radius 1 is 1.17 bits per heavy atom. The minimum atomic E-state index is -4.62. The summed E-state index contributed by atoms with van der Waals surface area (Å²) in [7, 11) is -4.25. The van der Waals surface area contributed by atoms with E-state index >= 15 is 0 Å². The number of sulfonamides is 1. The largest absolute Gasteiger partial charge is 0.481 e.